The summed E-state index contributed by atoms with van der Waals surface area (Å²) in [6.07, 6.45) is 1.64. The van der Waals surface area contributed by atoms with Gasteiger partial charge in [-0.1, -0.05) is 6.08 Å². The number of carbonyl (C=O) groups is 1. The van der Waals surface area contributed by atoms with Gasteiger partial charge in [0.1, 0.15) is 0 Å². The average molecular weight is 235 g/mol. The monoisotopic (exact) mass is 235 g/mol. The third-order valence-corrected chi connectivity index (χ3v) is 2.94. The number of carbonyl (C=O) groups excluding carboxylic acids is 1. The maximum atomic E-state index is 11.1. The van der Waals surface area contributed by atoms with Crippen LogP contribution < -0.4 is 15.4 Å². The molecule has 0 spiro atoms. The fourth-order valence-electron chi connectivity index (χ4n) is 0.777. The minimum Gasteiger partial charge on any atom is -0.354 e. The molecule has 6 nitrogen and oxygen atoms in total. The van der Waals surface area contributed by atoms with Gasteiger partial charge in [0.2, 0.25) is 15.9 Å². The van der Waals surface area contributed by atoms with Crippen molar-refractivity contribution in [3.63, 3.8) is 0 Å². The first kappa shape index (κ1) is 14.1. The molecule has 0 unspecified atom stereocenters. The molecule has 0 atom stereocenters. The molecule has 0 rings (SSSR count). The Balaban J connectivity index is 3.59. The Hall–Kier alpha value is -0.920. The largest absolute Gasteiger partial charge is 0.354 e. The Morgan fingerprint density at radius 1 is 1.47 bits per heavy atom. The van der Waals surface area contributed by atoms with Crippen molar-refractivity contribution >= 4 is 15.9 Å². The topological polar surface area (TPSA) is 87.3 Å². The number of rotatable bonds is 8. The highest BCUT2D eigenvalue weighted by Crippen LogP contribution is 1.79. The van der Waals surface area contributed by atoms with Crippen LogP contribution in [0.15, 0.2) is 12.7 Å². The molecule has 0 aromatic heterocycles. The van der Waals surface area contributed by atoms with Crippen LogP contribution in [0, 0.1) is 0 Å². The Morgan fingerprint density at radius 2 is 2.13 bits per heavy atom. The molecular formula is C8H17N3O3S. The Kier molecular flexibility index (Phi) is 6.93. The maximum Gasteiger partial charge on any atom is 0.233 e. The van der Waals surface area contributed by atoms with Crippen LogP contribution >= 0.6 is 0 Å². The highest BCUT2D eigenvalue weighted by Gasteiger charge is 2.07. The fourth-order valence-corrected chi connectivity index (χ4v) is 1.35. The van der Waals surface area contributed by atoms with Gasteiger partial charge in [0, 0.05) is 13.1 Å². The van der Waals surface area contributed by atoms with E-state index in [1.807, 2.05) is 0 Å². The number of sulfonamides is 1. The fraction of sp³-hybridized carbons (Fsp3) is 0.625. The van der Waals surface area contributed by atoms with Gasteiger partial charge < -0.3 is 10.6 Å². The number of hydrogen-bond donors (Lipinski definition) is 3. The Morgan fingerprint density at radius 3 is 2.67 bits per heavy atom. The van der Waals surface area contributed by atoms with Crippen molar-refractivity contribution in [3.05, 3.63) is 12.7 Å². The van der Waals surface area contributed by atoms with E-state index in [1.165, 1.54) is 7.05 Å². The molecule has 0 radical (unpaired) electrons. The van der Waals surface area contributed by atoms with Crippen LogP contribution in [-0.4, -0.2) is 46.8 Å². The summed E-state index contributed by atoms with van der Waals surface area (Å²) < 4.78 is 24.1. The van der Waals surface area contributed by atoms with Crippen LogP contribution in [0.5, 0.6) is 0 Å². The van der Waals surface area contributed by atoms with Crippen molar-refractivity contribution in [2.75, 3.05) is 32.4 Å². The second-order valence-corrected chi connectivity index (χ2v) is 4.84. The van der Waals surface area contributed by atoms with Gasteiger partial charge in [-0.3, -0.25) is 4.79 Å². The van der Waals surface area contributed by atoms with Gasteiger partial charge in [-0.05, 0) is 7.05 Å². The van der Waals surface area contributed by atoms with E-state index in [0.29, 0.717) is 6.54 Å². The molecule has 0 heterocycles. The normalized spacial score (nSPS) is 11.0. The molecule has 0 bridgehead atoms. The molecule has 3 N–H and O–H groups in total. The van der Waals surface area contributed by atoms with Crippen LogP contribution in [0.1, 0.15) is 0 Å². The lowest BCUT2D eigenvalue weighted by Gasteiger charge is -2.05. The molecular weight excluding hydrogens is 218 g/mol. The molecule has 0 saturated carbocycles. The van der Waals surface area contributed by atoms with E-state index in [4.69, 9.17) is 0 Å². The summed E-state index contributed by atoms with van der Waals surface area (Å²) >= 11 is 0. The lowest BCUT2D eigenvalue weighted by molar-refractivity contribution is -0.120. The molecule has 0 aromatic rings. The average Bonchev–Trinajstić information content (AvgIpc) is 2.18. The molecule has 7 heteroatoms. The van der Waals surface area contributed by atoms with Gasteiger partial charge in [0.05, 0.1) is 12.3 Å². The van der Waals surface area contributed by atoms with E-state index < -0.39 is 10.0 Å². The molecule has 0 aromatic carbocycles. The SMILES string of the molecule is C=CCNCC(=O)NCCS(=O)(=O)NC. The smallest absolute Gasteiger partial charge is 0.233 e. The summed E-state index contributed by atoms with van der Waals surface area (Å²) in [6.45, 7) is 4.29. The lowest BCUT2D eigenvalue weighted by Crippen LogP contribution is -2.37. The van der Waals surface area contributed by atoms with Crippen LogP contribution in [0.25, 0.3) is 0 Å². The van der Waals surface area contributed by atoms with Crippen LogP contribution in [0.4, 0.5) is 0 Å². The van der Waals surface area contributed by atoms with Gasteiger partial charge >= 0.3 is 0 Å². The first-order valence-electron chi connectivity index (χ1n) is 4.51. The highest BCUT2D eigenvalue weighted by atomic mass is 32.2. The van der Waals surface area contributed by atoms with Crippen molar-refractivity contribution in [1.29, 1.82) is 0 Å². The quantitative estimate of drug-likeness (QED) is 0.350. The minimum absolute atomic E-state index is 0.109. The first-order valence-corrected chi connectivity index (χ1v) is 6.16. The zero-order valence-corrected chi connectivity index (χ0v) is 9.56. The van der Waals surface area contributed by atoms with E-state index in [9.17, 15) is 13.2 Å². The molecule has 0 aliphatic carbocycles. The summed E-state index contributed by atoms with van der Waals surface area (Å²) in [7, 11) is -1.91. The predicted octanol–water partition coefficient (Wildman–Crippen LogP) is -1.57. The summed E-state index contributed by atoms with van der Waals surface area (Å²) in [4.78, 5) is 11.1. The van der Waals surface area contributed by atoms with Crippen LogP contribution in [-0.2, 0) is 14.8 Å². The van der Waals surface area contributed by atoms with Crippen LogP contribution in [0.2, 0.25) is 0 Å². The first-order chi connectivity index (χ1) is 7.02. The number of hydrogen-bond acceptors (Lipinski definition) is 4. The zero-order valence-electron chi connectivity index (χ0n) is 8.75. The van der Waals surface area contributed by atoms with Crippen LogP contribution in [0.3, 0.4) is 0 Å². The molecule has 15 heavy (non-hydrogen) atoms. The maximum absolute atomic E-state index is 11.1. The summed E-state index contributed by atoms with van der Waals surface area (Å²) in [5.41, 5.74) is 0. The van der Waals surface area contributed by atoms with E-state index in [-0.39, 0.29) is 24.7 Å². The lowest BCUT2D eigenvalue weighted by atomic mass is 10.5. The van der Waals surface area contributed by atoms with Gasteiger partial charge in [-0.25, -0.2) is 13.1 Å². The predicted molar refractivity (Wildman–Crippen MR) is 58.9 cm³/mol. The van der Waals surface area contributed by atoms with E-state index in [1.54, 1.807) is 6.08 Å². The standard InChI is InChI=1S/C8H17N3O3S/c1-3-4-10-7-8(12)11-5-6-15(13,14)9-2/h3,9-10H,1,4-7H2,2H3,(H,11,12). The Bertz CT molecular complexity index is 300. The minimum atomic E-state index is -3.24. The zero-order chi connectivity index (χ0) is 11.7. The molecule has 88 valence electrons. The van der Waals surface area contributed by atoms with Crippen molar-refractivity contribution in [1.82, 2.24) is 15.4 Å². The van der Waals surface area contributed by atoms with Gasteiger partial charge in [0.15, 0.2) is 0 Å². The number of amides is 1. The van der Waals surface area contributed by atoms with Gasteiger partial charge in [-0.2, -0.15) is 0 Å². The molecule has 0 aliphatic rings. The van der Waals surface area contributed by atoms with Crippen molar-refractivity contribution in [2.24, 2.45) is 0 Å². The second kappa shape index (κ2) is 7.38. The number of nitrogens with one attached hydrogen (secondary N) is 3. The van der Waals surface area contributed by atoms with E-state index >= 15 is 0 Å². The third kappa shape index (κ3) is 8.10. The Labute approximate surface area is 90.2 Å². The van der Waals surface area contributed by atoms with E-state index in [0.717, 1.165) is 0 Å². The summed E-state index contributed by atoms with van der Waals surface area (Å²) in [5.74, 6) is -0.348. The van der Waals surface area contributed by atoms with Gasteiger partial charge in [-0.15, -0.1) is 6.58 Å². The molecule has 0 saturated heterocycles. The van der Waals surface area contributed by atoms with Crippen molar-refractivity contribution in [3.8, 4) is 0 Å². The molecule has 1 amide bonds. The second-order valence-electron chi connectivity index (χ2n) is 2.79. The summed E-state index contributed by atoms with van der Waals surface area (Å²) in [5, 5.41) is 5.28. The van der Waals surface area contributed by atoms with E-state index in [2.05, 4.69) is 21.9 Å². The molecule has 0 fully saturated rings. The van der Waals surface area contributed by atoms with Gasteiger partial charge in [0.25, 0.3) is 0 Å². The van der Waals surface area contributed by atoms with Crippen molar-refractivity contribution < 1.29 is 13.2 Å². The summed E-state index contributed by atoms with van der Waals surface area (Å²) in [6, 6.07) is 0. The molecule has 0 aliphatic heterocycles. The third-order valence-electron chi connectivity index (χ3n) is 1.58. The van der Waals surface area contributed by atoms with Crippen molar-refractivity contribution in [2.45, 2.75) is 0 Å². The highest BCUT2D eigenvalue weighted by molar-refractivity contribution is 7.89.